The fraction of sp³-hybridized carbons (Fsp3) is 0.391. The number of nitrogens with two attached hydrogens (primary N) is 1. The minimum absolute atomic E-state index is 0.0836. The monoisotopic (exact) mass is 510 g/mol. The van der Waals surface area contributed by atoms with Gasteiger partial charge in [0.2, 0.25) is 0 Å². The number of imidazole rings is 1. The van der Waals surface area contributed by atoms with Gasteiger partial charge in [-0.05, 0) is 0 Å². The average Bonchev–Trinajstić information content (AvgIpc) is 3.51. The molecule has 0 spiro atoms. The first kappa shape index (κ1) is 21.5. The number of aromatic nitrogens is 5. The third kappa shape index (κ3) is 4.30. The second-order valence-corrected chi connectivity index (χ2v) is 13.7. The standard InChI is InChI=1S/C23H27AsN6OS/c1-14(2)24-7-4-9-30-21-19(20(25)27-13-28-21)29-23(30)32-18-12-16-6-3-5-15(16)11-17(18)22-26-8-10-31-22/h8,10-14,24H,3-7,9H2,1-2H3,(H2,25,27,28). The second kappa shape index (κ2) is 9.28. The molecule has 1 unspecified atom stereocenters. The zero-order valence-electron chi connectivity index (χ0n) is 18.3. The number of aryl methyl sites for hydroxylation is 3. The van der Waals surface area contributed by atoms with E-state index in [1.165, 1.54) is 29.1 Å². The van der Waals surface area contributed by atoms with Gasteiger partial charge in [0.25, 0.3) is 0 Å². The fourth-order valence-corrected chi connectivity index (χ4v) is 7.20. The van der Waals surface area contributed by atoms with Gasteiger partial charge in [0.1, 0.15) is 0 Å². The Morgan fingerprint density at radius 2 is 2.03 bits per heavy atom. The number of anilines is 1. The Morgan fingerprint density at radius 1 is 1.19 bits per heavy atom. The van der Waals surface area contributed by atoms with Crippen LogP contribution in [0.2, 0.25) is 9.91 Å². The number of nitrogen functional groups attached to an aromatic ring is 1. The van der Waals surface area contributed by atoms with Crippen molar-refractivity contribution in [2.75, 3.05) is 5.73 Å². The van der Waals surface area contributed by atoms with E-state index < -0.39 is 0 Å². The predicted octanol–water partition coefficient (Wildman–Crippen LogP) is 4.78. The van der Waals surface area contributed by atoms with Crippen LogP contribution in [0.25, 0.3) is 22.6 Å². The van der Waals surface area contributed by atoms with Gasteiger partial charge >= 0.3 is 199 Å². The summed E-state index contributed by atoms with van der Waals surface area (Å²) in [5, 5.41) is 2.19. The maximum atomic E-state index is 6.15. The zero-order valence-corrected chi connectivity index (χ0v) is 21.3. The summed E-state index contributed by atoms with van der Waals surface area (Å²) in [4.78, 5) is 19.1. The van der Waals surface area contributed by atoms with Crippen molar-refractivity contribution in [2.45, 2.75) is 66.0 Å². The Labute approximate surface area is 198 Å². The van der Waals surface area contributed by atoms with Crippen molar-refractivity contribution in [3.8, 4) is 11.5 Å². The molecule has 0 bridgehead atoms. The number of hydrogen-bond acceptors (Lipinski definition) is 7. The van der Waals surface area contributed by atoms with Crippen LogP contribution in [-0.2, 0) is 19.4 Å². The molecule has 3 heterocycles. The third-order valence-electron chi connectivity index (χ3n) is 5.69. The number of hydrogen-bond donors (Lipinski definition) is 1. The molecule has 9 heteroatoms. The van der Waals surface area contributed by atoms with Crippen LogP contribution in [0, 0.1) is 0 Å². The van der Waals surface area contributed by atoms with Crippen LogP contribution in [-0.4, -0.2) is 40.3 Å². The molecule has 166 valence electrons. The summed E-state index contributed by atoms with van der Waals surface area (Å²) in [5.41, 5.74) is 11.5. The summed E-state index contributed by atoms with van der Waals surface area (Å²) in [6.45, 7) is 5.52. The number of rotatable bonds is 8. The molecule has 1 aromatic carbocycles. The normalized spacial score (nSPS) is 13.7. The zero-order chi connectivity index (χ0) is 22.1. The molecule has 2 N–H and O–H groups in total. The predicted molar refractivity (Wildman–Crippen MR) is 129 cm³/mol. The van der Waals surface area contributed by atoms with Crippen molar-refractivity contribution < 1.29 is 4.42 Å². The van der Waals surface area contributed by atoms with Crippen molar-refractivity contribution in [1.29, 1.82) is 0 Å². The number of benzene rings is 1. The summed E-state index contributed by atoms with van der Waals surface area (Å²) in [7, 11) is 0. The van der Waals surface area contributed by atoms with Gasteiger partial charge in [-0.25, -0.2) is 0 Å². The SMILES string of the molecule is CC(C)[AsH]CCCn1c(Sc2cc3c(cc2-c2ncco2)CCC3)nc2c(N)ncnc21. The van der Waals surface area contributed by atoms with E-state index in [1.54, 1.807) is 24.2 Å². The van der Waals surface area contributed by atoms with Crippen LogP contribution in [0.15, 0.2) is 45.4 Å². The van der Waals surface area contributed by atoms with Crippen molar-refractivity contribution in [2.24, 2.45) is 0 Å². The van der Waals surface area contributed by atoms with Gasteiger partial charge in [-0.1, -0.05) is 0 Å². The first-order chi connectivity index (χ1) is 15.6. The molecule has 1 aliphatic carbocycles. The summed E-state index contributed by atoms with van der Waals surface area (Å²) in [5.74, 6) is 1.07. The second-order valence-electron chi connectivity index (χ2n) is 8.35. The molecule has 0 fully saturated rings. The molecule has 0 amide bonds. The molecule has 7 nitrogen and oxygen atoms in total. The van der Waals surface area contributed by atoms with Crippen molar-refractivity contribution in [3.05, 3.63) is 42.0 Å². The van der Waals surface area contributed by atoms with E-state index in [1.807, 2.05) is 0 Å². The van der Waals surface area contributed by atoms with Gasteiger partial charge in [-0.15, -0.1) is 0 Å². The van der Waals surface area contributed by atoms with E-state index in [-0.39, 0.29) is 15.8 Å². The number of nitrogens with zero attached hydrogens (tertiary/aromatic N) is 5. The van der Waals surface area contributed by atoms with Crippen LogP contribution in [0.1, 0.15) is 37.8 Å². The summed E-state index contributed by atoms with van der Waals surface area (Å²) >= 11 is 1.73. The maximum absolute atomic E-state index is 6.15. The van der Waals surface area contributed by atoms with Crippen molar-refractivity contribution in [3.63, 3.8) is 0 Å². The fourth-order valence-electron chi connectivity index (χ4n) is 4.15. The number of oxazole rings is 1. The van der Waals surface area contributed by atoms with E-state index >= 15 is 0 Å². The summed E-state index contributed by atoms with van der Waals surface area (Å²) in [6, 6.07) is 4.53. The van der Waals surface area contributed by atoms with Crippen molar-refractivity contribution in [1.82, 2.24) is 24.5 Å². The van der Waals surface area contributed by atoms with E-state index in [0.717, 1.165) is 51.8 Å². The molecule has 1 atom stereocenters. The molecule has 0 radical (unpaired) electrons. The van der Waals surface area contributed by atoms with E-state index in [4.69, 9.17) is 15.1 Å². The van der Waals surface area contributed by atoms with Gasteiger partial charge in [-0.3, -0.25) is 0 Å². The van der Waals surface area contributed by atoms with Crippen LogP contribution in [0.5, 0.6) is 0 Å². The molecule has 3 aromatic heterocycles. The summed E-state index contributed by atoms with van der Waals surface area (Å²) < 4.78 is 8.71. The van der Waals surface area contributed by atoms with Gasteiger partial charge in [0, 0.05) is 0 Å². The van der Waals surface area contributed by atoms with Gasteiger partial charge < -0.3 is 0 Å². The van der Waals surface area contributed by atoms with Gasteiger partial charge in [0.15, 0.2) is 0 Å². The molecule has 4 aromatic rings. The third-order valence-corrected chi connectivity index (χ3v) is 9.81. The molecule has 32 heavy (non-hydrogen) atoms. The Balaban J connectivity index is 1.54. The molecule has 0 aliphatic heterocycles. The van der Waals surface area contributed by atoms with Crippen LogP contribution in [0.4, 0.5) is 5.82 Å². The van der Waals surface area contributed by atoms with Gasteiger partial charge in [0.05, 0.1) is 0 Å². The molecule has 1 aliphatic rings. The molecular weight excluding hydrogens is 483 g/mol. The Bertz CT molecular complexity index is 1240. The van der Waals surface area contributed by atoms with Crippen molar-refractivity contribution >= 4 is 44.5 Å². The first-order valence-electron chi connectivity index (χ1n) is 11.0. The Hall–Kier alpha value is -2.31. The Kier molecular flexibility index (Phi) is 6.24. The molecule has 0 saturated carbocycles. The van der Waals surface area contributed by atoms with Gasteiger partial charge in [-0.2, -0.15) is 0 Å². The van der Waals surface area contributed by atoms with E-state index in [0.29, 0.717) is 17.2 Å². The average molecular weight is 510 g/mol. The quantitative estimate of drug-likeness (QED) is 0.269. The van der Waals surface area contributed by atoms with E-state index in [2.05, 4.69) is 45.5 Å². The minimum atomic E-state index is 0.0836. The van der Waals surface area contributed by atoms with Crippen LogP contribution < -0.4 is 5.73 Å². The topological polar surface area (TPSA) is 95.7 Å². The number of fused-ring (bicyclic) bond motifs is 2. The van der Waals surface area contributed by atoms with Crippen LogP contribution >= 0.6 is 11.8 Å². The first-order valence-corrected chi connectivity index (χ1v) is 14.5. The van der Waals surface area contributed by atoms with Crippen LogP contribution in [0.3, 0.4) is 0 Å². The molecule has 5 rings (SSSR count). The Morgan fingerprint density at radius 3 is 2.81 bits per heavy atom. The molecular formula is C23H27AsN6OS. The molecule has 0 saturated heterocycles. The summed E-state index contributed by atoms with van der Waals surface area (Å²) in [6.07, 6.45) is 9.39. The van der Waals surface area contributed by atoms with E-state index in [9.17, 15) is 0 Å².